The van der Waals surface area contributed by atoms with Crippen molar-refractivity contribution in [1.29, 1.82) is 0 Å². The predicted octanol–water partition coefficient (Wildman–Crippen LogP) is 3.24. The summed E-state index contributed by atoms with van der Waals surface area (Å²) in [7, 11) is 0. The van der Waals surface area contributed by atoms with Gasteiger partial charge in [0.1, 0.15) is 6.33 Å². The minimum Gasteiger partial charge on any atom is -0.241 e. The van der Waals surface area contributed by atoms with Crippen LogP contribution in [0, 0.1) is 5.41 Å². The van der Waals surface area contributed by atoms with Crippen LogP contribution in [0.2, 0.25) is 0 Å². The molecule has 0 aliphatic carbocycles. The van der Waals surface area contributed by atoms with Crippen molar-refractivity contribution >= 4 is 11.6 Å². The van der Waals surface area contributed by atoms with Crippen molar-refractivity contribution in [3.05, 3.63) is 23.8 Å². The highest BCUT2D eigenvalue weighted by atomic mass is 35.5. The average Bonchev–Trinajstić information content (AvgIpc) is 2.16. The first kappa shape index (κ1) is 12.4. The Morgan fingerprint density at radius 1 is 1.27 bits per heavy atom. The fraction of sp³-hybridized carbons (Fsp3) is 0.667. The second kappa shape index (κ2) is 4.93. The van der Waals surface area contributed by atoms with Crippen molar-refractivity contribution in [3.8, 4) is 0 Å². The van der Waals surface area contributed by atoms with E-state index in [1.54, 1.807) is 6.33 Å². The summed E-state index contributed by atoms with van der Waals surface area (Å²) in [4.78, 5) is 8.42. The van der Waals surface area contributed by atoms with Crippen LogP contribution in [-0.2, 0) is 12.8 Å². The van der Waals surface area contributed by atoms with Gasteiger partial charge in [0.25, 0.3) is 0 Å². The lowest BCUT2D eigenvalue weighted by Gasteiger charge is -2.24. The van der Waals surface area contributed by atoms with E-state index in [9.17, 15) is 0 Å². The number of alkyl halides is 1. The van der Waals surface area contributed by atoms with Crippen LogP contribution < -0.4 is 0 Å². The lowest BCUT2D eigenvalue weighted by molar-refractivity contribution is 0.384. The van der Waals surface area contributed by atoms with Crippen molar-refractivity contribution < 1.29 is 0 Å². The standard InChI is InChI=1S/C12H19ClN2/c1-5-9-6-10(15-8-14-9)7-11(13)12(2,3)4/h6,8,11H,5,7H2,1-4H3. The largest absolute Gasteiger partial charge is 0.241 e. The summed E-state index contributed by atoms with van der Waals surface area (Å²) >= 11 is 6.33. The zero-order chi connectivity index (χ0) is 11.5. The quantitative estimate of drug-likeness (QED) is 0.740. The number of halogens is 1. The molecule has 0 radical (unpaired) electrons. The van der Waals surface area contributed by atoms with Gasteiger partial charge in [-0.05, 0) is 17.9 Å². The van der Waals surface area contributed by atoms with Crippen molar-refractivity contribution in [2.24, 2.45) is 5.41 Å². The number of aromatic nitrogens is 2. The van der Waals surface area contributed by atoms with Crippen LogP contribution in [-0.4, -0.2) is 15.3 Å². The Hall–Kier alpha value is -0.630. The molecule has 0 amide bonds. The SMILES string of the molecule is CCc1cc(CC(Cl)C(C)(C)C)ncn1. The summed E-state index contributed by atoms with van der Waals surface area (Å²) in [5, 5.41) is 0.108. The van der Waals surface area contributed by atoms with Gasteiger partial charge in [-0.2, -0.15) is 0 Å². The minimum atomic E-state index is 0.108. The van der Waals surface area contributed by atoms with E-state index in [1.807, 2.05) is 6.07 Å². The highest BCUT2D eigenvalue weighted by molar-refractivity contribution is 6.21. The molecule has 1 aromatic rings. The first-order valence-corrected chi connectivity index (χ1v) is 5.81. The van der Waals surface area contributed by atoms with E-state index in [4.69, 9.17) is 11.6 Å². The summed E-state index contributed by atoms with van der Waals surface area (Å²) in [6.45, 7) is 8.53. The van der Waals surface area contributed by atoms with Crippen molar-refractivity contribution in [2.75, 3.05) is 0 Å². The molecule has 1 atom stereocenters. The Balaban J connectivity index is 2.72. The molecule has 0 saturated heterocycles. The number of hydrogen-bond donors (Lipinski definition) is 0. The topological polar surface area (TPSA) is 25.8 Å². The average molecular weight is 227 g/mol. The fourth-order valence-electron chi connectivity index (χ4n) is 1.24. The molecule has 0 bridgehead atoms. The molecule has 0 N–H and O–H groups in total. The van der Waals surface area contributed by atoms with Gasteiger partial charge in [0.2, 0.25) is 0 Å². The molecule has 1 heterocycles. The Morgan fingerprint density at radius 2 is 1.87 bits per heavy atom. The van der Waals surface area contributed by atoms with E-state index in [2.05, 4.69) is 37.7 Å². The monoisotopic (exact) mass is 226 g/mol. The number of nitrogens with zero attached hydrogens (tertiary/aromatic N) is 2. The summed E-state index contributed by atoms with van der Waals surface area (Å²) in [6, 6.07) is 2.04. The van der Waals surface area contributed by atoms with Crippen molar-refractivity contribution in [2.45, 2.75) is 45.9 Å². The van der Waals surface area contributed by atoms with Gasteiger partial charge in [0.05, 0.1) is 0 Å². The molecule has 0 spiro atoms. The highest BCUT2D eigenvalue weighted by Crippen LogP contribution is 2.26. The molecule has 0 saturated carbocycles. The van der Waals surface area contributed by atoms with Crippen LogP contribution in [0.4, 0.5) is 0 Å². The molecular weight excluding hydrogens is 208 g/mol. The molecule has 3 heteroatoms. The van der Waals surface area contributed by atoms with E-state index in [1.165, 1.54) is 0 Å². The van der Waals surface area contributed by atoms with Gasteiger partial charge in [0.15, 0.2) is 0 Å². The van der Waals surface area contributed by atoms with Crippen molar-refractivity contribution in [1.82, 2.24) is 9.97 Å². The molecule has 84 valence electrons. The Morgan fingerprint density at radius 3 is 2.40 bits per heavy atom. The molecule has 15 heavy (non-hydrogen) atoms. The summed E-state index contributed by atoms with van der Waals surface area (Å²) in [5.74, 6) is 0. The maximum absolute atomic E-state index is 6.33. The van der Waals surface area contributed by atoms with Crippen LogP contribution >= 0.6 is 11.6 Å². The third-order valence-electron chi connectivity index (χ3n) is 2.47. The van der Waals surface area contributed by atoms with E-state index >= 15 is 0 Å². The van der Waals surface area contributed by atoms with E-state index in [0.717, 1.165) is 24.2 Å². The molecule has 1 unspecified atom stereocenters. The number of aryl methyl sites for hydroxylation is 1. The first-order valence-electron chi connectivity index (χ1n) is 5.37. The lowest BCUT2D eigenvalue weighted by atomic mass is 9.89. The number of hydrogen-bond acceptors (Lipinski definition) is 2. The molecule has 0 fully saturated rings. The Kier molecular flexibility index (Phi) is 4.09. The van der Waals surface area contributed by atoms with Gasteiger partial charge in [-0.1, -0.05) is 27.7 Å². The normalized spacial score (nSPS) is 13.9. The molecular formula is C12H19ClN2. The third-order valence-corrected chi connectivity index (χ3v) is 3.28. The zero-order valence-electron chi connectivity index (χ0n) is 9.92. The third kappa shape index (κ3) is 3.78. The number of rotatable bonds is 3. The van der Waals surface area contributed by atoms with Gasteiger partial charge in [-0.3, -0.25) is 0 Å². The van der Waals surface area contributed by atoms with Crippen molar-refractivity contribution in [3.63, 3.8) is 0 Å². The smallest absolute Gasteiger partial charge is 0.115 e. The van der Waals surface area contributed by atoms with Gasteiger partial charge in [0, 0.05) is 23.2 Å². The van der Waals surface area contributed by atoms with E-state index in [-0.39, 0.29) is 10.8 Å². The summed E-state index contributed by atoms with van der Waals surface area (Å²) in [5.41, 5.74) is 2.23. The van der Waals surface area contributed by atoms with Crippen LogP contribution in [0.25, 0.3) is 0 Å². The van der Waals surface area contributed by atoms with Crippen LogP contribution in [0.15, 0.2) is 12.4 Å². The first-order chi connectivity index (χ1) is 6.93. The summed E-state index contributed by atoms with van der Waals surface area (Å²) in [6.07, 6.45) is 3.37. The second-order valence-corrected chi connectivity index (χ2v) is 5.42. The maximum atomic E-state index is 6.33. The van der Waals surface area contributed by atoms with Gasteiger partial charge < -0.3 is 0 Å². The van der Waals surface area contributed by atoms with Gasteiger partial charge >= 0.3 is 0 Å². The maximum Gasteiger partial charge on any atom is 0.115 e. The molecule has 0 aliphatic heterocycles. The second-order valence-electron chi connectivity index (χ2n) is 4.89. The summed E-state index contributed by atoms with van der Waals surface area (Å²) < 4.78 is 0. The van der Waals surface area contributed by atoms with Crippen LogP contribution in [0.5, 0.6) is 0 Å². The molecule has 1 rings (SSSR count). The van der Waals surface area contributed by atoms with E-state index < -0.39 is 0 Å². The molecule has 2 nitrogen and oxygen atoms in total. The predicted molar refractivity (Wildman–Crippen MR) is 64.2 cm³/mol. The fourth-order valence-corrected chi connectivity index (χ4v) is 1.40. The van der Waals surface area contributed by atoms with E-state index in [0.29, 0.717) is 0 Å². The Labute approximate surface area is 97.1 Å². The lowest BCUT2D eigenvalue weighted by Crippen LogP contribution is -2.23. The molecule has 0 aromatic carbocycles. The molecule has 0 aliphatic rings. The van der Waals surface area contributed by atoms with Crippen LogP contribution in [0.3, 0.4) is 0 Å². The highest BCUT2D eigenvalue weighted by Gasteiger charge is 2.22. The van der Waals surface area contributed by atoms with Crippen LogP contribution in [0.1, 0.15) is 39.1 Å². The minimum absolute atomic E-state index is 0.108. The van der Waals surface area contributed by atoms with Gasteiger partial charge in [-0.25, -0.2) is 9.97 Å². The molecule has 1 aromatic heterocycles. The van der Waals surface area contributed by atoms with Gasteiger partial charge in [-0.15, -0.1) is 11.6 Å². The Bertz CT molecular complexity index is 318. The zero-order valence-corrected chi connectivity index (χ0v) is 10.7.